The van der Waals surface area contributed by atoms with Crippen LogP contribution in [0.25, 0.3) is 0 Å². The normalized spacial score (nSPS) is 12.4. The second kappa shape index (κ2) is 9.35. The van der Waals surface area contributed by atoms with E-state index in [1.807, 2.05) is 54.6 Å². The first-order chi connectivity index (χ1) is 12.3. The number of rotatable bonds is 9. The van der Waals surface area contributed by atoms with Gasteiger partial charge >= 0.3 is 0 Å². The maximum atomic E-state index is 11.9. The third kappa shape index (κ3) is 7.25. The zero-order chi connectivity index (χ0) is 19.0. The summed E-state index contributed by atoms with van der Waals surface area (Å²) >= 11 is 0. The van der Waals surface area contributed by atoms with Crippen molar-refractivity contribution in [3.8, 4) is 5.75 Å². The third-order valence-corrected chi connectivity index (χ3v) is 4.75. The number of nitrogens with two attached hydrogens (primary N) is 1. The number of hydrogen-bond donors (Lipinski definition) is 2. The van der Waals surface area contributed by atoms with Crippen molar-refractivity contribution in [3.05, 3.63) is 65.7 Å². The number of hydrogen-bond acceptors (Lipinski definition) is 5. The lowest BCUT2D eigenvalue weighted by Gasteiger charge is -2.12. The maximum Gasteiger partial charge on any atom is 0.237 e. The first-order valence-electron chi connectivity index (χ1n) is 8.30. The molecule has 0 heterocycles. The molecule has 1 unspecified atom stereocenters. The molecule has 1 amide bonds. The van der Waals surface area contributed by atoms with E-state index in [-0.39, 0.29) is 18.1 Å². The van der Waals surface area contributed by atoms with E-state index in [2.05, 4.69) is 5.32 Å². The number of para-hydroxylation sites is 1. The Hall–Kier alpha value is -2.38. The molecule has 0 aliphatic heterocycles. The molecule has 0 aliphatic rings. The highest BCUT2D eigenvalue weighted by molar-refractivity contribution is 7.90. The van der Waals surface area contributed by atoms with Crippen molar-refractivity contribution in [2.75, 3.05) is 12.0 Å². The third-order valence-electron chi connectivity index (χ3n) is 3.77. The number of ether oxygens (including phenoxy) is 1. The summed E-state index contributed by atoms with van der Waals surface area (Å²) in [7, 11) is -3.12. The van der Waals surface area contributed by atoms with Gasteiger partial charge in [0.1, 0.15) is 22.2 Å². The molecule has 0 radical (unpaired) electrons. The molecule has 140 valence electrons. The Morgan fingerprint density at radius 1 is 1.08 bits per heavy atom. The highest BCUT2D eigenvalue weighted by Crippen LogP contribution is 2.12. The minimum atomic E-state index is -3.12. The number of benzene rings is 2. The molecule has 2 aromatic rings. The lowest BCUT2D eigenvalue weighted by atomic mass is 10.1. The SMILES string of the molecule is CS(=O)(=O)CCC(N)C(=O)NCc1ccc(COc2ccccc2)cc1. The van der Waals surface area contributed by atoms with Crippen LogP contribution >= 0.6 is 0 Å². The molecule has 0 aliphatic carbocycles. The Balaban J connectivity index is 1.77. The summed E-state index contributed by atoms with van der Waals surface area (Å²) in [6, 6.07) is 16.4. The zero-order valence-corrected chi connectivity index (χ0v) is 15.5. The summed E-state index contributed by atoms with van der Waals surface area (Å²) in [6.07, 6.45) is 1.24. The van der Waals surface area contributed by atoms with Crippen LogP contribution in [-0.4, -0.2) is 32.4 Å². The Bertz CT molecular complexity index is 805. The van der Waals surface area contributed by atoms with Crippen LogP contribution in [0.5, 0.6) is 5.75 Å². The molecule has 6 nitrogen and oxygen atoms in total. The van der Waals surface area contributed by atoms with Crippen LogP contribution in [0.4, 0.5) is 0 Å². The van der Waals surface area contributed by atoms with Crippen LogP contribution in [0.1, 0.15) is 17.5 Å². The van der Waals surface area contributed by atoms with Crippen molar-refractivity contribution in [3.63, 3.8) is 0 Å². The van der Waals surface area contributed by atoms with Crippen LogP contribution in [-0.2, 0) is 27.8 Å². The minimum absolute atomic E-state index is 0.0995. The van der Waals surface area contributed by atoms with Gasteiger partial charge in [0.2, 0.25) is 5.91 Å². The van der Waals surface area contributed by atoms with Crippen molar-refractivity contribution in [2.45, 2.75) is 25.6 Å². The van der Waals surface area contributed by atoms with E-state index in [1.165, 1.54) is 0 Å². The van der Waals surface area contributed by atoms with E-state index in [0.29, 0.717) is 13.2 Å². The van der Waals surface area contributed by atoms with Crippen molar-refractivity contribution in [1.82, 2.24) is 5.32 Å². The van der Waals surface area contributed by atoms with Gasteiger partial charge in [-0.2, -0.15) is 0 Å². The number of nitrogens with one attached hydrogen (secondary N) is 1. The molecule has 2 rings (SSSR count). The Morgan fingerprint density at radius 3 is 2.31 bits per heavy atom. The lowest BCUT2D eigenvalue weighted by Crippen LogP contribution is -2.41. The summed E-state index contributed by atoms with van der Waals surface area (Å²) in [5.41, 5.74) is 7.66. The van der Waals surface area contributed by atoms with Gasteiger partial charge in [0.05, 0.1) is 11.8 Å². The van der Waals surface area contributed by atoms with E-state index >= 15 is 0 Å². The fourth-order valence-corrected chi connectivity index (χ4v) is 2.91. The molecule has 0 spiro atoms. The Labute approximate surface area is 154 Å². The van der Waals surface area contributed by atoms with E-state index in [1.54, 1.807) is 0 Å². The first kappa shape index (κ1) is 19.9. The average molecular weight is 376 g/mol. The molecule has 7 heteroatoms. The van der Waals surface area contributed by atoms with Crippen molar-refractivity contribution in [2.24, 2.45) is 5.73 Å². The van der Waals surface area contributed by atoms with Gasteiger partial charge in [0, 0.05) is 12.8 Å². The topological polar surface area (TPSA) is 98.5 Å². The lowest BCUT2D eigenvalue weighted by molar-refractivity contribution is -0.122. The molecule has 3 N–H and O–H groups in total. The van der Waals surface area contributed by atoms with E-state index in [0.717, 1.165) is 23.1 Å². The number of sulfone groups is 1. The molecule has 0 saturated carbocycles. The number of carbonyl (C=O) groups excluding carboxylic acids is 1. The highest BCUT2D eigenvalue weighted by Gasteiger charge is 2.15. The molecule has 0 fully saturated rings. The van der Waals surface area contributed by atoms with Crippen LogP contribution < -0.4 is 15.8 Å². The predicted molar refractivity (Wildman–Crippen MR) is 101 cm³/mol. The first-order valence-corrected chi connectivity index (χ1v) is 10.4. The maximum absolute atomic E-state index is 11.9. The summed E-state index contributed by atoms with van der Waals surface area (Å²) in [4.78, 5) is 11.9. The molecule has 2 aromatic carbocycles. The molecule has 0 saturated heterocycles. The number of carbonyl (C=O) groups is 1. The van der Waals surface area contributed by atoms with Gasteiger partial charge in [-0.25, -0.2) is 8.42 Å². The zero-order valence-electron chi connectivity index (χ0n) is 14.7. The van der Waals surface area contributed by atoms with Gasteiger partial charge in [-0.3, -0.25) is 4.79 Å². The smallest absolute Gasteiger partial charge is 0.237 e. The molecular formula is C19H24N2O4S. The molecule has 1 atom stereocenters. The summed E-state index contributed by atoms with van der Waals surface area (Å²) in [6.45, 7) is 0.804. The summed E-state index contributed by atoms with van der Waals surface area (Å²) in [5.74, 6) is 0.356. The van der Waals surface area contributed by atoms with Crippen molar-refractivity contribution in [1.29, 1.82) is 0 Å². The Kier molecular flexibility index (Phi) is 7.17. The van der Waals surface area contributed by atoms with Gasteiger partial charge in [-0.15, -0.1) is 0 Å². The second-order valence-electron chi connectivity index (χ2n) is 6.16. The average Bonchev–Trinajstić information content (AvgIpc) is 2.63. The second-order valence-corrected chi connectivity index (χ2v) is 8.42. The van der Waals surface area contributed by atoms with E-state index in [9.17, 15) is 13.2 Å². The van der Waals surface area contributed by atoms with Gasteiger partial charge in [0.25, 0.3) is 0 Å². The molecule has 0 aromatic heterocycles. The van der Waals surface area contributed by atoms with Crippen LogP contribution in [0, 0.1) is 0 Å². The van der Waals surface area contributed by atoms with E-state index in [4.69, 9.17) is 10.5 Å². The highest BCUT2D eigenvalue weighted by atomic mass is 32.2. The van der Waals surface area contributed by atoms with Crippen molar-refractivity contribution >= 4 is 15.7 Å². The summed E-state index contributed by atoms with van der Waals surface area (Å²) < 4.78 is 27.9. The fourth-order valence-electron chi connectivity index (χ4n) is 2.23. The molecule has 26 heavy (non-hydrogen) atoms. The molecular weight excluding hydrogens is 352 g/mol. The minimum Gasteiger partial charge on any atom is -0.489 e. The van der Waals surface area contributed by atoms with Gasteiger partial charge in [-0.05, 0) is 29.7 Å². The summed E-state index contributed by atoms with van der Waals surface area (Å²) in [5, 5.41) is 2.72. The van der Waals surface area contributed by atoms with Crippen molar-refractivity contribution < 1.29 is 17.9 Å². The number of amides is 1. The fraction of sp³-hybridized carbons (Fsp3) is 0.316. The largest absolute Gasteiger partial charge is 0.489 e. The predicted octanol–water partition coefficient (Wildman–Crippen LogP) is 1.64. The Morgan fingerprint density at radius 2 is 1.69 bits per heavy atom. The van der Waals surface area contributed by atoms with Crippen LogP contribution in [0.15, 0.2) is 54.6 Å². The van der Waals surface area contributed by atoms with Gasteiger partial charge in [0.15, 0.2) is 0 Å². The van der Waals surface area contributed by atoms with E-state index < -0.39 is 15.9 Å². The van der Waals surface area contributed by atoms with Crippen LogP contribution in [0.3, 0.4) is 0 Å². The molecule has 0 bridgehead atoms. The van der Waals surface area contributed by atoms with Gasteiger partial charge in [-0.1, -0.05) is 42.5 Å². The monoisotopic (exact) mass is 376 g/mol. The van der Waals surface area contributed by atoms with Gasteiger partial charge < -0.3 is 15.8 Å². The van der Waals surface area contributed by atoms with Crippen LogP contribution in [0.2, 0.25) is 0 Å². The standard InChI is InChI=1S/C19H24N2O4S/c1-26(23,24)12-11-18(20)19(22)21-13-15-7-9-16(10-8-15)14-25-17-5-3-2-4-6-17/h2-10,18H,11-14,20H2,1H3,(H,21,22). The quantitative estimate of drug-likeness (QED) is 0.693.